The normalized spacial score (nSPS) is 11.7. The van der Waals surface area contributed by atoms with Gasteiger partial charge in [0.15, 0.2) is 0 Å². The van der Waals surface area contributed by atoms with E-state index in [0.717, 1.165) is 17.8 Å². The van der Waals surface area contributed by atoms with Crippen molar-refractivity contribution in [1.82, 2.24) is 0 Å². The second-order valence-electron chi connectivity index (χ2n) is 5.48. The van der Waals surface area contributed by atoms with E-state index in [1.165, 1.54) is 0 Å². The summed E-state index contributed by atoms with van der Waals surface area (Å²) in [5.74, 6) is 0. The van der Waals surface area contributed by atoms with Gasteiger partial charge in [0.2, 0.25) is 0 Å². The van der Waals surface area contributed by atoms with Crippen LogP contribution in [0, 0.1) is 10.1 Å². The zero-order chi connectivity index (χ0) is 20.0. The summed E-state index contributed by atoms with van der Waals surface area (Å²) in [6, 6.07) is 9.23. The zero-order valence-electron chi connectivity index (χ0n) is 14.3. The maximum absolute atomic E-state index is 13.0. The van der Waals surface area contributed by atoms with Crippen molar-refractivity contribution in [3.63, 3.8) is 0 Å². The van der Waals surface area contributed by atoms with Crippen LogP contribution >= 0.6 is 0 Å². The number of benzene rings is 2. The molecule has 0 saturated heterocycles. The third-order valence-electron chi connectivity index (χ3n) is 3.73. The number of halogens is 3. The molecule has 0 atom stereocenters. The number of aliphatic hydroxyl groups is 1. The van der Waals surface area contributed by atoms with Crippen molar-refractivity contribution in [2.45, 2.75) is 13.1 Å². The fourth-order valence-electron chi connectivity index (χ4n) is 2.41. The molecule has 0 spiro atoms. The zero-order valence-corrected chi connectivity index (χ0v) is 14.3. The third kappa shape index (κ3) is 5.23. The van der Waals surface area contributed by atoms with Crippen LogP contribution in [0.3, 0.4) is 0 Å². The number of hydrogen-bond donors (Lipinski definition) is 1. The molecule has 0 bridgehead atoms. The molecule has 10 heteroatoms. The first-order valence-electron chi connectivity index (χ1n) is 7.99. The topological polar surface area (TPSA) is 91.3 Å². The highest BCUT2D eigenvalue weighted by molar-refractivity contribution is 5.54. The molecule has 27 heavy (non-hydrogen) atoms. The number of nitro groups is 1. The molecule has 0 saturated carbocycles. The predicted molar refractivity (Wildman–Crippen MR) is 93.7 cm³/mol. The van der Waals surface area contributed by atoms with Gasteiger partial charge in [-0.15, -0.1) is 0 Å². The quantitative estimate of drug-likeness (QED) is 0.421. The molecule has 0 aliphatic rings. The Labute approximate surface area is 152 Å². The molecular formula is C17H17F3N4O3. The standard InChI is InChI=1S/C17H17F3N4O3/c1-2-23(9-10-25)14-6-3-12(4-7-14)21-22-13-5-8-16(24(26)27)15(11-13)17(18,19)20/h3-8,11,25H,2,9-10H2,1H3/b22-21+. The van der Waals surface area contributed by atoms with Gasteiger partial charge in [-0.05, 0) is 43.3 Å². The molecular weight excluding hydrogens is 365 g/mol. The van der Waals surface area contributed by atoms with E-state index < -0.39 is 22.4 Å². The Balaban J connectivity index is 2.24. The molecule has 1 N–H and O–H groups in total. The van der Waals surface area contributed by atoms with Gasteiger partial charge in [0.05, 0.1) is 22.9 Å². The number of nitro benzene ring substituents is 1. The summed E-state index contributed by atoms with van der Waals surface area (Å²) in [5, 5.41) is 27.4. The fraction of sp³-hybridized carbons (Fsp3) is 0.294. The van der Waals surface area contributed by atoms with Gasteiger partial charge < -0.3 is 10.0 Å². The second-order valence-corrected chi connectivity index (χ2v) is 5.48. The van der Waals surface area contributed by atoms with Crippen molar-refractivity contribution in [2.24, 2.45) is 10.2 Å². The summed E-state index contributed by atoms with van der Waals surface area (Å²) in [6.45, 7) is 3.12. The second kappa shape index (κ2) is 8.58. The van der Waals surface area contributed by atoms with Gasteiger partial charge in [-0.2, -0.15) is 23.4 Å². The number of rotatable bonds is 7. The Morgan fingerprint density at radius 2 is 1.70 bits per heavy atom. The Hall–Kier alpha value is -3.01. The van der Waals surface area contributed by atoms with Gasteiger partial charge in [-0.3, -0.25) is 10.1 Å². The monoisotopic (exact) mass is 382 g/mol. The molecule has 2 aromatic carbocycles. The summed E-state index contributed by atoms with van der Waals surface area (Å²) < 4.78 is 38.9. The highest BCUT2D eigenvalue weighted by Gasteiger charge is 2.38. The number of alkyl halides is 3. The number of hydrogen-bond acceptors (Lipinski definition) is 6. The molecule has 0 unspecified atom stereocenters. The fourth-order valence-corrected chi connectivity index (χ4v) is 2.41. The van der Waals surface area contributed by atoms with Crippen molar-refractivity contribution in [3.8, 4) is 0 Å². The molecule has 144 valence electrons. The average Bonchev–Trinajstić information content (AvgIpc) is 2.64. The summed E-state index contributed by atoms with van der Waals surface area (Å²) >= 11 is 0. The summed E-state index contributed by atoms with van der Waals surface area (Å²) in [4.78, 5) is 11.6. The van der Waals surface area contributed by atoms with Crippen LogP contribution in [0.1, 0.15) is 12.5 Å². The van der Waals surface area contributed by atoms with Crippen molar-refractivity contribution < 1.29 is 23.2 Å². The first-order valence-corrected chi connectivity index (χ1v) is 7.99. The number of anilines is 1. The van der Waals surface area contributed by atoms with Crippen molar-refractivity contribution in [2.75, 3.05) is 24.6 Å². The van der Waals surface area contributed by atoms with Crippen LogP contribution < -0.4 is 4.90 Å². The van der Waals surface area contributed by atoms with Crippen LogP contribution in [-0.2, 0) is 6.18 Å². The van der Waals surface area contributed by atoms with E-state index in [-0.39, 0.29) is 12.3 Å². The molecule has 0 heterocycles. The molecule has 0 aliphatic heterocycles. The minimum Gasteiger partial charge on any atom is -0.395 e. The van der Waals surface area contributed by atoms with Gasteiger partial charge in [-0.1, -0.05) is 0 Å². The minimum atomic E-state index is -4.87. The summed E-state index contributed by atoms with van der Waals surface area (Å²) in [7, 11) is 0. The van der Waals surface area contributed by atoms with Crippen LogP contribution in [0.2, 0.25) is 0 Å². The summed E-state index contributed by atoms with van der Waals surface area (Å²) in [5.41, 5.74) is -1.28. The van der Waals surface area contributed by atoms with E-state index in [1.807, 2.05) is 11.8 Å². The minimum absolute atomic E-state index is 0.0109. The molecule has 0 radical (unpaired) electrons. The number of azo groups is 1. The Kier molecular flexibility index (Phi) is 6.45. The van der Waals surface area contributed by atoms with Crippen LogP contribution in [0.5, 0.6) is 0 Å². The van der Waals surface area contributed by atoms with Crippen molar-refractivity contribution in [1.29, 1.82) is 0 Å². The van der Waals surface area contributed by atoms with Gasteiger partial charge in [0.25, 0.3) is 5.69 Å². The maximum Gasteiger partial charge on any atom is 0.423 e. The first-order chi connectivity index (χ1) is 12.8. The SMILES string of the molecule is CCN(CCO)c1ccc(/N=N/c2ccc([N+](=O)[O-])c(C(F)(F)F)c2)cc1. The first kappa shape index (κ1) is 20.3. The van der Waals surface area contributed by atoms with Crippen molar-refractivity contribution >= 4 is 22.7 Å². The maximum atomic E-state index is 13.0. The van der Waals surface area contributed by atoms with E-state index in [1.54, 1.807) is 24.3 Å². The van der Waals surface area contributed by atoms with Crippen LogP contribution in [0.25, 0.3) is 0 Å². The third-order valence-corrected chi connectivity index (χ3v) is 3.73. The largest absolute Gasteiger partial charge is 0.423 e. The van der Waals surface area contributed by atoms with E-state index in [2.05, 4.69) is 10.2 Å². The predicted octanol–water partition coefficient (Wildman–Crippen LogP) is 4.85. The average molecular weight is 382 g/mol. The lowest BCUT2D eigenvalue weighted by atomic mass is 10.1. The van der Waals surface area contributed by atoms with Crippen LogP contribution in [0.15, 0.2) is 52.7 Å². The number of nitrogens with zero attached hydrogens (tertiary/aromatic N) is 4. The Morgan fingerprint density at radius 1 is 1.11 bits per heavy atom. The smallest absolute Gasteiger partial charge is 0.395 e. The van der Waals surface area contributed by atoms with E-state index in [9.17, 15) is 23.3 Å². The van der Waals surface area contributed by atoms with Crippen LogP contribution in [-0.4, -0.2) is 29.7 Å². The highest BCUT2D eigenvalue weighted by Crippen LogP contribution is 2.38. The highest BCUT2D eigenvalue weighted by atomic mass is 19.4. The summed E-state index contributed by atoms with van der Waals surface area (Å²) in [6.07, 6.45) is -4.87. The van der Waals surface area contributed by atoms with E-state index >= 15 is 0 Å². The number of likely N-dealkylation sites (N-methyl/N-ethyl adjacent to an activating group) is 1. The van der Waals surface area contributed by atoms with Gasteiger partial charge in [0.1, 0.15) is 5.56 Å². The van der Waals surface area contributed by atoms with Crippen LogP contribution in [0.4, 0.5) is 35.9 Å². The lowest BCUT2D eigenvalue weighted by Gasteiger charge is -2.21. The van der Waals surface area contributed by atoms with E-state index in [4.69, 9.17) is 5.11 Å². The molecule has 0 aromatic heterocycles. The Morgan fingerprint density at radius 3 is 2.22 bits per heavy atom. The number of aliphatic hydroxyl groups excluding tert-OH is 1. The van der Waals surface area contributed by atoms with Gasteiger partial charge in [0, 0.05) is 24.8 Å². The van der Waals surface area contributed by atoms with Crippen molar-refractivity contribution in [3.05, 3.63) is 58.1 Å². The molecule has 7 nitrogen and oxygen atoms in total. The van der Waals surface area contributed by atoms with Gasteiger partial charge >= 0.3 is 6.18 Å². The molecule has 0 aliphatic carbocycles. The van der Waals surface area contributed by atoms with E-state index in [0.29, 0.717) is 24.8 Å². The molecule has 0 fully saturated rings. The molecule has 0 amide bonds. The Bertz CT molecular complexity index is 823. The lowest BCUT2D eigenvalue weighted by molar-refractivity contribution is -0.388. The van der Waals surface area contributed by atoms with Gasteiger partial charge in [-0.25, -0.2) is 0 Å². The molecule has 2 rings (SSSR count). The lowest BCUT2D eigenvalue weighted by Crippen LogP contribution is -2.25. The molecule has 2 aromatic rings.